The monoisotopic (exact) mass is 492 g/mol. The molecule has 2 aromatic carbocycles. The number of rotatable bonds is 9. The van der Waals surface area contributed by atoms with E-state index >= 15 is 0 Å². The first-order valence-electron chi connectivity index (χ1n) is 10.3. The van der Waals surface area contributed by atoms with E-state index in [1.807, 2.05) is 23.8 Å². The van der Waals surface area contributed by atoms with Gasteiger partial charge < -0.3 is 24.1 Å². The highest BCUT2D eigenvalue weighted by atomic mass is 35.5. The van der Waals surface area contributed by atoms with Gasteiger partial charge in [-0.05, 0) is 43.3 Å². The fourth-order valence-corrected chi connectivity index (χ4v) is 3.50. The maximum absolute atomic E-state index is 12.5. The van der Waals surface area contributed by atoms with Gasteiger partial charge >= 0.3 is 6.36 Å². The molecule has 0 saturated carbocycles. The van der Waals surface area contributed by atoms with Crippen LogP contribution in [0.4, 0.5) is 24.7 Å². The smallest absolute Gasteiger partial charge is 0.456 e. The highest BCUT2D eigenvalue weighted by molar-refractivity contribution is 6.32. The van der Waals surface area contributed by atoms with E-state index in [1.54, 1.807) is 18.2 Å². The minimum atomic E-state index is -4.79. The Hall–Kier alpha value is -3.50. The molecule has 34 heavy (non-hydrogen) atoms. The van der Waals surface area contributed by atoms with Crippen LogP contribution in [0.15, 0.2) is 61.1 Å². The number of halogens is 4. The average Bonchev–Trinajstić information content (AvgIpc) is 3.19. The summed E-state index contributed by atoms with van der Waals surface area (Å²) < 4.78 is 54.4. The molecular weight excluding hydrogens is 473 g/mol. The van der Waals surface area contributed by atoms with Gasteiger partial charge in [-0.2, -0.15) is 0 Å². The van der Waals surface area contributed by atoms with Crippen molar-refractivity contribution in [2.24, 2.45) is 0 Å². The summed E-state index contributed by atoms with van der Waals surface area (Å²) in [5, 5.41) is 3.49. The topological polar surface area (TPSA) is 70.4 Å². The van der Waals surface area contributed by atoms with Crippen LogP contribution in [0.1, 0.15) is 6.92 Å². The molecule has 4 rings (SSSR count). The van der Waals surface area contributed by atoms with E-state index in [4.69, 9.17) is 21.1 Å². The van der Waals surface area contributed by atoms with E-state index in [0.29, 0.717) is 31.3 Å². The molecule has 0 spiro atoms. The Bertz CT molecular complexity index is 1280. The van der Waals surface area contributed by atoms with Crippen LogP contribution < -0.4 is 14.8 Å². The fraction of sp³-hybridized carbons (Fsp3) is 0.217. The van der Waals surface area contributed by atoms with Crippen molar-refractivity contribution < 1.29 is 27.4 Å². The van der Waals surface area contributed by atoms with E-state index in [-0.39, 0.29) is 22.3 Å². The number of nitrogens with one attached hydrogen (secondary N) is 1. The molecule has 0 aliphatic heterocycles. The summed E-state index contributed by atoms with van der Waals surface area (Å²) in [6.45, 7) is 3.77. The van der Waals surface area contributed by atoms with E-state index in [2.05, 4.69) is 20.0 Å². The summed E-state index contributed by atoms with van der Waals surface area (Å²) in [5.74, 6) is 0.617. The van der Waals surface area contributed by atoms with Crippen molar-refractivity contribution in [3.05, 3.63) is 66.1 Å². The Balaban J connectivity index is 1.52. The zero-order valence-electron chi connectivity index (χ0n) is 18.0. The number of hydrogen-bond donors (Lipinski definition) is 1. The predicted octanol–water partition coefficient (Wildman–Crippen LogP) is 6.56. The molecule has 0 bridgehead atoms. The van der Waals surface area contributed by atoms with Crippen LogP contribution >= 0.6 is 11.6 Å². The molecule has 0 amide bonds. The predicted molar refractivity (Wildman–Crippen MR) is 122 cm³/mol. The summed E-state index contributed by atoms with van der Waals surface area (Å²) in [6.07, 6.45) is -1.41. The number of anilines is 2. The van der Waals surface area contributed by atoms with Crippen LogP contribution in [0.25, 0.3) is 11.0 Å². The number of nitrogens with zero attached hydrogens (tertiary/aromatic N) is 3. The first-order chi connectivity index (χ1) is 16.3. The van der Waals surface area contributed by atoms with E-state index in [0.717, 1.165) is 17.1 Å². The van der Waals surface area contributed by atoms with Crippen molar-refractivity contribution in [2.45, 2.75) is 19.8 Å². The normalized spacial score (nSPS) is 11.6. The molecule has 0 aliphatic carbocycles. The van der Waals surface area contributed by atoms with Crippen molar-refractivity contribution >= 4 is 34.1 Å². The Morgan fingerprint density at radius 3 is 2.65 bits per heavy atom. The van der Waals surface area contributed by atoms with Gasteiger partial charge in [-0.1, -0.05) is 17.7 Å². The lowest BCUT2D eigenvalue weighted by Gasteiger charge is -2.13. The van der Waals surface area contributed by atoms with Gasteiger partial charge in [-0.3, -0.25) is 0 Å². The van der Waals surface area contributed by atoms with Gasteiger partial charge in [0, 0.05) is 31.1 Å². The lowest BCUT2D eigenvalue weighted by molar-refractivity contribution is -0.274. The third-order valence-corrected chi connectivity index (χ3v) is 4.99. The third kappa shape index (κ3) is 5.89. The van der Waals surface area contributed by atoms with Crippen LogP contribution in [0.3, 0.4) is 0 Å². The van der Waals surface area contributed by atoms with E-state index in [1.165, 1.54) is 24.5 Å². The molecule has 1 N–H and O–H groups in total. The van der Waals surface area contributed by atoms with Gasteiger partial charge in [-0.15, -0.1) is 13.2 Å². The summed E-state index contributed by atoms with van der Waals surface area (Å²) in [4.78, 5) is 8.66. The highest BCUT2D eigenvalue weighted by Crippen LogP contribution is 2.35. The SMILES string of the molecule is CCOCCn1ccc2ncnc(Nc3ccc(Oc4cccc(OC(F)(F)F)c4)c(Cl)c3)c21. The van der Waals surface area contributed by atoms with Crippen LogP contribution in [-0.2, 0) is 11.3 Å². The van der Waals surface area contributed by atoms with Gasteiger partial charge in [0.15, 0.2) is 5.82 Å². The van der Waals surface area contributed by atoms with Crippen LogP contribution in [0.2, 0.25) is 5.02 Å². The molecule has 2 aromatic heterocycles. The number of aromatic nitrogens is 3. The molecule has 7 nitrogen and oxygen atoms in total. The van der Waals surface area contributed by atoms with Gasteiger partial charge in [0.05, 0.1) is 17.1 Å². The second kappa shape index (κ2) is 10.2. The number of hydrogen-bond acceptors (Lipinski definition) is 6. The van der Waals surface area contributed by atoms with Crippen molar-refractivity contribution in [2.75, 3.05) is 18.5 Å². The standard InChI is InChI=1S/C23H20ClF3N4O3/c1-2-32-11-10-31-9-8-19-21(31)22(29-14-28-19)30-15-6-7-20(18(24)12-15)33-16-4-3-5-17(13-16)34-23(25,26)27/h3-9,12-14H,2,10-11H2,1H3,(H,28,29,30). The fourth-order valence-electron chi connectivity index (χ4n) is 3.28. The number of benzene rings is 2. The zero-order valence-corrected chi connectivity index (χ0v) is 18.7. The minimum Gasteiger partial charge on any atom is -0.456 e. The summed E-state index contributed by atoms with van der Waals surface area (Å²) >= 11 is 6.37. The zero-order chi connectivity index (χ0) is 24.1. The Kier molecular flexibility index (Phi) is 7.09. The first-order valence-corrected chi connectivity index (χ1v) is 10.7. The molecule has 0 atom stereocenters. The number of alkyl halides is 3. The van der Waals surface area contributed by atoms with Crippen LogP contribution in [-0.4, -0.2) is 34.1 Å². The molecule has 0 unspecified atom stereocenters. The largest absolute Gasteiger partial charge is 0.573 e. The van der Waals surface area contributed by atoms with Gasteiger partial charge in [0.25, 0.3) is 0 Å². The number of ether oxygens (including phenoxy) is 3. The minimum absolute atomic E-state index is 0.147. The molecule has 178 valence electrons. The maximum Gasteiger partial charge on any atom is 0.573 e. The quantitative estimate of drug-likeness (QED) is 0.267. The molecule has 11 heteroatoms. The number of fused-ring (bicyclic) bond motifs is 1. The lowest BCUT2D eigenvalue weighted by atomic mass is 10.2. The molecule has 2 heterocycles. The molecule has 0 radical (unpaired) electrons. The summed E-state index contributed by atoms with van der Waals surface area (Å²) in [5.41, 5.74) is 2.24. The van der Waals surface area contributed by atoms with Gasteiger partial charge in [0.1, 0.15) is 29.1 Å². The molecule has 0 aliphatic rings. The van der Waals surface area contributed by atoms with Gasteiger partial charge in [-0.25, -0.2) is 9.97 Å². The maximum atomic E-state index is 12.5. The summed E-state index contributed by atoms with van der Waals surface area (Å²) in [7, 11) is 0. The Morgan fingerprint density at radius 1 is 1.06 bits per heavy atom. The Labute approximate surface area is 198 Å². The molecule has 0 fully saturated rings. The second-order valence-electron chi connectivity index (χ2n) is 7.06. The third-order valence-electron chi connectivity index (χ3n) is 4.69. The van der Waals surface area contributed by atoms with E-state index in [9.17, 15) is 13.2 Å². The van der Waals surface area contributed by atoms with Crippen molar-refractivity contribution in [1.82, 2.24) is 14.5 Å². The second-order valence-corrected chi connectivity index (χ2v) is 7.46. The first kappa shape index (κ1) is 23.7. The van der Waals surface area contributed by atoms with Crippen LogP contribution in [0.5, 0.6) is 17.2 Å². The van der Waals surface area contributed by atoms with Crippen molar-refractivity contribution in [3.8, 4) is 17.2 Å². The highest BCUT2D eigenvalue weighted by Gasteiger charge is 2.31. The average molecular weight is 493 g/mol. The van der Waals surface area contributed by atoms with Gasteiger partial charge in [0.2, 0.25) is 0 Å². The lowest BCUT2D eigenvalue weighted by Crippen LogP contribution is -2.17. The molecular formula is C23H20ClF3N4O3. The summed E-state index contributed by atoms with van der Waals surface area (Å²) in [6, 6.07) is 12.1. The van der Waals surface area contributed by atoms with Crippen molar-refractivity contribution in [1.29, 1.82) is 0 Å². The molecule has 4 aromatic rings. The Morgan fingerprint density at radius 2 is 1.88 bits per heavy atom. The van der Waals surface area contributed by atoms with Crippen molar-refractivity contribution in [3.63, 3.8) is 0 Å². The van der Waals surface area contributed by atoms with Crippen LogP contribution in [0, 0.1) is 0 Å². The molecule has 0 saturated heterocycles. The van der Waals surface area contributed by atoms with E-state index < -0.39 is 6.36 Å².